The summed E-state index contributed by atoms with van der Waals surface area (Å²) in [6, 6.07) is 11.1. The molecule has 18 heavy (non-hydrogen) atoms. The van der Waals surface area contributed by atoms with Crippen LogP contribution in [0.15, 0.2) is 51.8 Å². The van der Waals surface area contributed by atoms with Gasteiger partial charge in [0.05, 0.1) is 4.47 Å². The average molecular weight is 326 g/mol. The van der Waals surface area contributed by atoms with Gasteiger partial charge in [0, 0.05) is 16.1 Å². The normalized spacial score (nSPS) is 10.2. The van der Waals surface area contributed by atoms with Crippen LogP contribution >= 0.6 is 28.6 Å². The number of amides is 1. The number of hydrogen-bond donors (Lipinski definition) is 2. The Hall–Kier alpha value is -1.33. The van der Waals surface area contributed by atoms with Gasteiger partial charge in [-0.2, -0.15) is 0 Å². The van der Waals surface area contributed by atoms with Crippen LogP contribution in [0.3, 0.4) is 0 Å². The molecule has 0 saturated heterocycles. The van der Waals surface area contributed by atoms with Gasteiger partial charge in [-0.15, -0.1) is 12.6 Å². The second kappa shape index (κ2) is 5.54. The van der Waals surface area contributed by atoms with Gasteiger partial charge in [0.2, 0.25) is 0 Å². The van der Waals surface area contributed by atoms with Gasteiger partial charge in [0.25, 0.3) is 5.91 Å². The number of anilines is 1. The van der Waals surface area contributed by atoms with Crippen molar-refractivity contribution in [2.75, 3.05) is 5.32 Å². The summed E-state index contributed by atoms with van der Waals surface area (Å²) in [7, 11) is 0. The molecule has 1 amide bonds. The fraction of sp³-hybridized carbons (Fsp3) is 0. The second-order valence-corrected chi connectivity index (χ2v) is 5.00. The lowest BCUT2D eigenvalue weighted by molar-refractivity contribution is 0.102. The fourth-order valence-electron chi connectivity index (χ4n) is 1.39. The monoisotopic (exact) mass is 325 g/mol. The maximum absolute atomic E-state index is 13.0. The molecule has 0 heterocycles. The molecule has 92 valence electrons. The molecule has 2 nitrogen and oxygen atoms in total. The molecule has 0 fully saturated rings. The van der Waals surface area contributed by atoms with E-state index in [-0.39, 0.29) is 11.7 Å². The summed E-state index contributed by atoms with van der Waals surface area (Å²) >= 11 is 7.21. The van der Waals surface area contributed by atoms with Crippen molar-refractivity contribution in [3.63, 3.8) is 0 Å². The molecule has 0 radical (unpaired) electrons. The van der Waals surface area contributed by atoms with Crippen molar-refractivity contribution in [2.24, 2.45) is 0 Å². The summed E-state index contributed by atoms with van der Waals surface area (Å²) in [4.78, 5) is 12.7. The van der Waals surface area contributed by atoms with E-state index in [2.05, 4.69) is 33.9 Å². The molecule has 2 rings (SSSR count). The van der Waals surface area contributed by atoms with Crippen LogP contribution in [-0.2, 0) is 0 Å². The molecule has 0 aliphatic rings. The van der Waals surface area contributed by atoms with Gasteiger partial charge in [-0.3, -0.25) is 4.79 Å². The van der Waals surface area contributed by atoms with Crippen LogP contribution in [-0.4, -0.2) is 5.91 Å². The zero-order valence-electron chi connectivity index (χ0n) is 9.15. The highest BCUT2D eigenvalue weighted by Gasteiger charge is 2.07. The predicted molar refractivity (Wildman–Crippen MR) is 75.7 cm³/mol. The lowest BCUT2D eigenvalue weighted by Gasteiger charge is -2.06. The van der Waals surface area contributed by atoms with Crippen LogP contribution in [0.1, 0.15) is 10.4 Å². The van der Waals surface area contributed by atoms with Crippen molar-refractivity contribution in [1.29, 1.82) is 0 Å². The van der Waals surface area contributed by atoms with E-state index >= 15 is 0 Å². The summed E-state index contributed by atoms with van der Waals surface area (Å²) in [5.41, 5.74) is 1.05. The van der Waals surface area contributed by atoms with Gasteiger partial charge in [-0.25, -0.2) is 4.39 Å². The topological polar surface area (TPSA) is 29.1 Å². The third kappa shape index (κ3) is 3.11. The molecule has 0 bridgehead atoms. The van der Waals surface area contributed by atoms with Crippen LogP contribution in [0.2, 0.25) is 0 Å². The molecular weight excluding hydrogens is 317 g/mol. The first-order valence-electron chi connectivity index (χ1n) is 5.12. The molecule has 2 aromatic carbocycles. The lowest BCUT2D eigenvalue weighted by atomic mass is 10.2. The number of halogens is 2. The minimum absolute atomic E-state index is 0.248. The van der Waals surface area contributed by atoms with Crippen LogP contribution in [0.25, 0.3) is 0 Å². The van der Waals surface area contributed by atoms with E-state index in [1.807, 2.05) is 0 Å². The van der Waals surface area contributed by atoms with E-state index in [1.165, 1.54) is 18.2 Å². The van der Waals surface area contributed by atoms with Crippen molar-refractivity contribution >= 4 is 40.2 Å². The highest BCUT2D eigenvalue weighted by Crippen LogP contribution is 2.20. The molecular formula is C13H9BrFNOS. The van der Waals surface area contributed by atoms with Crippen LogP contribution < -0.4 is 5.32 Å². The Kier molecular flexibility index (Phi) is 4.04. The molecule has 0 aliphatic carbocycles. The number of hydrogen-bond acceptors (Lipinski definition) is 2. The molecule has 0 aromatic heterocycles. The molecule has 0 unspecified atom stereocenters. The third-order valence-corrected chi connectivity index (χ3v) is 3.21. The van der Waals surface area contributed by atoms with Gasteiger partial charge < -0.3 is 5.32 Å². The Bertz CT molecular complexity index is 586. The number of rotatable bonds is 2. The molecule has 1 N–H and O–H groups in total. The summed E-state index contributed by atoms with van der Waals surface area (Å²) in [6.45, 7) is 0. The molecule has 0 aliphatic heterocycles. The third-order valence-electron chi connectivity index (χ3n) is 2.31. The zero-order chi connectivity index (χ0) is 13.1. The van der Waals surface area contributed by atoms with Gasteiger partial charge in [-0.05, 0) is 58.4 Å². The van der Waals surface area contributed by atoms with Gasteiger partial charge >= 0.3 is 0 Å². The SMILES string of the molecule is O=C(Nc1ccc(F)c(Br)c1)c1ccc(S)cc1. The standard InChI is InChI=1S/C13H9BrFNOS/c14-11-7-9(3-6-12(11)15)16-13(17)8-1-4-10(18)5-2-8/h1-7,18H,(H,16,17). The first-order chi connectivity index (χ1) is 8.56. The summed E-state index contributed by atoms with van der Waals surface area (Å²) < 4.78 is 13.3. The molecule has 0 saturated carbocycles. The highest BCUT2D eigenvalue weighted by molar-refractivity contribution is 9.10. The van der Waals surface area contributed by atoms with E-state index in [4.69, 9.17) is 0 Å². The van der Waals surface area contributed by atoms with E-state index in [1.54, 1.807) is 24.3 Å². The minimum atomic E-state index is -0.368. The number of carbonyl (C=O) groups excluding carboxylic acids is 1. The van der Waals surface area contributed by atoms with Crippen LogP contribution in [0, 0.1) is 5.82 Å². The van der Waals surface area contributed by atoms with Crippen molar-refractivity contribution in [2.45, 2.75) is 4.90 Å². The Morgan fingerprint density at radius 1 is 1.17 bits per heavy atom. The first kappa shape index (κ1) is 13.1. The first-order valence-corrected chi connectivity index (χ1v) is 6.36. The quantitative estimate of drug-likeness (QED) is 0.799. The largest absolute Gasteiger partial charge is 0.322 e. The number of carbonyl (C=O) groups is 1. The number of nitrogens with one attached hydrogen (secondary N) is 1. The van der Waals surface area contributed by atoms with Gasteiger partial charge in [-0.1, -0.05) is 0 Å². The molecule has 0 atom stereocenters. The van der Waals surface area contributed by atoms with Crippen molar-refractivity contribution in [3.8, 4) is 0 Å². The maximum atomic E-state index is 13.0. The minimum Gasteiger partial charge on any atom is -0.322 e. The Labute approximate surface area is 118 Å². The van der Waals surface area contributed by atoms with E-state index < -0.39 is 0 Å². The molecule has 5 heteroatoms. The van der Waals surface area contributed by atoms with Gasteiger partial charge in [0.1, 0.15) is 5.82 Å². The summed E-state index contributed by atoms with van der Waals surface area (Å²) in [5, 5.41) is 2.69. The highest BCUT2D eigenvalue weighted by atomic mass is 79.9. The van der Waals surface area contributed by atoms with E-state index in [0.29, 0.717) is 15.7 Å². The van der Waals surface area contributed by atoms with E-state index in [0.717, 1.165) is 4.90 Å². The van der Waals surface area contributed by atoms with Crippen LogP contribution in [0.5, 0.6) is 0 Å². The Balaban J connectivity index is 2.16. The summed E-state index contributed by atoms with van der Waals surface area (Å²) in [5.74, 6) is -0.616. The molecule has 2 aromatic rings. The van der Waals surface area contributed by atoms with Crippen molar-refractivity contribution < 1.29 is 9.18 Å². The average Bonchev–Trinajstić information content (AvgIpc) is 2.34. The van der Waals surface area contributed by atoms with Crippen molar-refractivity contribution in [3.05, 3.63) is 58.3 Å². The predicted octanol–water partition coefficient (Wildman–Crippen LogP) is 4.13. The zero-order valence-corrected chi connectivity index (χ0v) is 11.6. The lowest BCUT2D eigenvalue weighted by Crippen LogP contribution is -2.11. The number of thiol groups is 1. The second-order valence-electron chi connectivity index (χ2n) is 3.63. The van der Waals surface area contributed by atoms with Crippen LogP contribution in [0.4, 0.5) is 10.1 Å². The van der Waals surface area contributed by atoms with E-state index in [9.17, 15) is 9.18 Å². The Morgan fingerprint density at radius 3 is 2.44 bits per heavy atom. The smallest absolute Gasteiger partial charge is 0.255 e. The summed E-state index contributed by atoms with van der Waals surface area (Å²) in [6.07, 6.45) is 0. The maximum Gasteiger partial charge on any atom is 0.255 e. The van der Waals surface area contributed by atoms with Gasteiger partial charge in [0.15, 0.2) is 0 Å². The Morgan fingerprint density at radius 2 is 1.83 bits per heavy atom. The number of benzene rings is 2. The fourth-order valence-corrected chi connectivity index (χ4v) is 1.92. The molecule has 0 spiro atoms. The van der Waals surface area contributed by atoms with Crippen molar-refractivity contribution in [1.82, 2.24) is 0 Å².